The van der Waals surface area contributed by atoms with Crippen molar-refractivity contribution < 1.29 is 4.79 Å². The predicted octanol–water partition coefficient (Wildman–Crippen LogP) is 3.14. The number of aromatic nitrogens is 2. The van der Waals surface area contributed by atoms with Crippen molar-refractivity contribution in [1.82, 2.24) is 9.97 Å². The largest absolute Gasteiger partial charge is 0.295 e. The number of nitrogens with zero attached hydrogens (tertiary/aromatic N) is 2. The van der Waals surface area contributed by atoms with Crippen molar-refractivity contribution in [3.05, 3.63) is 34.2 Å². The number of Topliss-reactive ketones (excluding diaryl/α,β-unsaturated/α-hetero) is 1. The highest BCUT2D eigenvalue weighted by molar-refractivity contribution is 6.35. The molecule has 0 atom stereocenters. The average molecular weight is 241 g/mol. The van der Waals surface area contributed by atoms with Gasteiger partial charge in [0.2, 0.25) is 5.28 Å². The van der Waals surface area contributed by atoms with Crippen LogP contribution in [0.25, 0.3) is 10.9 Å². The first-order chi connectivity index (χ1) is 7.08. The Bertz CT molecular complexity index is 554. The summed E-state index contributed by atoms with van der Waals surface area (Å²) in [6.07, 6.45) is 0. The van der Waals surface area contributed by atoms with Crippen LogP contribution in [0.5, 0.6) is 0 Å². The topological polar surface area (TPSA) is 42.9 Å². The number of benzene rings is 1. The smallest absolute Gasteiger partial charge is 0.224 e. The van der Waals surface area contributed by atoms with E-state index in [9.17, 15) is 4.79 Å². The van der Waals surface area contributed by atoms with Crippen molar-refractivity contribution in [2.45, 2.75) is 6.92 Å². The molecule has 1 aromatic carbocycles. The van der Waals surface area contributed by atoms with Crippen LogP contribution in [0.15, 0.2) is 18.2 Å². The first kappa shape index (κ1) is 10.3. The highest BCUT2D eigenvalue weighted by Crippen LogP contribution is 2.23. The molecule has 0 bridgehead atoms. The van der Waals surface area contributed by atoms with E-state index in [1.165, 1.54) is 6.92 Å². The molecule has 1 heterocycles. The Morgan fingerprint density at radius 1 is 1.27 bits per heavy atom. The van der Waals surface area contributed by atoms with Gasteiger partial charge in [-0.1, -0.05) is 11.6 Å². The minimum atomic E-state index is -0.0251. The molecule has 0 saturated heterocycles. The summed E-state index contributed by atoms with van der Waals surface area (Å²) >= 11 is 11.5. The Morgan fingerprint density at radius 3 is 2.67 bits per heavy atom. The molecule has 0 saturated carbocycles. The molecule has 0 unspecified atom stereocenters. The van der Waals surface area contributed by atoms with Crippen molar-refractivity contribution in [1.29, 1.82) is 0 Å². The first-order valence-corrected chi connectivity index (χ1v) is 4.97. The van der Waals surface area contributed by atoms with Crippen LogP contribution < -0.4 is 0 Å². The summed E-state index contributed by atoms with van der Waals surface area (Å²) in [5, 5.41) is 0.991. The van der Waals surface area contributed by atoms with E-state index >= 15 is 0 Å². The number of rotatable bonds is 1. The number of halogens is 2. The molecule has 0 fully saturated rings. The lowest BCUT2D eigenvalue weighted by Gasteiger charge is -2.01. The molecule has 0 aliphatic rings. The Kier molecular flexibility index (Phi) is 2.59. The summed E-state index contributed by atoms with van der Waals surface area (Å²) in [7, 11) is 0. The van der Waals surface area contributed by atoms with Gasteiger partial charge in [-0.05, 0) is 36.7 Å². The third-order valence-corrected chi connectivity index (χ3v) is 2.49. The lowest BCUT2D eigenvalue weighted by atomic mass is 10.1. The van der Waals surface area contributed by atoms with E-state index in [2.05, 4.69) is 9.97 Å². The Hall–Kier alpha value is -1.19. The van der Waals surface area contributed by atoms with Gasteiger partial charge in [0.15, 0.2) is 5.78 Å². The summed E-state index contributed by atoms with van der Waals surface area (Å²) in [6.45, 7) is 1.49. The van der Waals surface area contributed by atoms with Crippen LogP contribution in [-0.4, -0.2) is 15.8 Å². The van der Waals surface area contributed by atoms with E-state index in [1.54, 1.807) is 18.2 Å². The summed E-state index contributed by atoms with van der Waals surface area (Å²) in [5.74, 6) is -0.0251. The zero-order chi connectivity index (χ0) is 11.0. The lowest BCUT2D eigenvalue weighted by Crippen LogP contribution is -1.93. The van der Waals surface area contributed by atoms with E-state index < -0.39 is 0 Å². The van der Waals surface area contributed by atoms with E-state index in [1.807, 2.05) is 0 Å². The van der Waals surface area contributed by atoms with E-state index in [0.717, 1.165) is 0 Å². The maximum Gasteiger partial charge on any atom is 0.224 e. The normalized spacial score (nSPS) is 10.6. The number of hydrogen-bond acceptors (Lipinski definition) is 3. The molecule has 0 radical (unpaired) electrons. The van der Waals surface area contributed by atoms with Crippen LogP contribution in [0.1, 0.15) is 17.3 Å². The summed E-state index contributed by atoms with van der Waals surface area (Å²) in [6, 6.07) is 5.05. The summed E-state index contributed by atoms with van der Waals surface area (Å²) < 4.78 is 0. The molecular formula is C10H6Cl2N2O. The fourth-order valence-electron chi connectivity index (χ4n) is 1.28. The third-order valence-electron chi connectivity index (χ3n) is 2.03. The Labute approximate surface area is 96.1 Å². The number of carbonyl (C=O) groups excluding carboxylic acids is 1. The fraction of sp³-hybridized carbons (Fsp3) is 0.100. The van der Waals surface area contributed by atoms with Gasteiger partial charge in [0.1, 0.15) is 5.15 Å². The fourth-order valence-corrected chi connectivity index (χ4v) is 1.73. The second-order valence-corrected chi connectivity index (χ2v) is 3.77. The molecule has 15 heavy (non-hydrogen) atoms. The molecule has 0 amide bonds. The number of fused-ring (bicyclic) bond motifs is 1. The number of carbonyl (C=O) groups is 1. The van der Waals surface area contributed by atoms with Crippen molar-refractivity contribution in [2.24, 2.45) is 0 Å². The highest BCUT2D eigenvalue weighted by atomic mass is 35.5. The first-order valence-electron chi connectivity index (χ1n) is 4.21. The van der Waals surface area contributed by atoms with Crippen LogP contribution in [-0.2, 0) is 0 Å². The molecule has 5 heteroatoms. The van der Waals surface area contributed by atoms with Crippen molar-refractivity contribution in [2.75, 3.05) is 0 Å². The van der Waals surface area contributed by atoms with E-state index in [0.29, 0.717) is 16.5 Å². The average Bonchev–Trinajstić information content (AvgIpc) is 2.16. The molecule has 1 aromatic heterocycles. The van der Waals surface area contributed by atoms with E-state index in [-0.39, 0.29) is 16.2 Å². The minimum absolute atomic E-state index is 0.0251. The number of ketones is 1. The Balaban J connectivity index is 2.76. The molecule has 3 nitrogen and oxygen atoms in total. The number of hydrogen-bond donors (Lipinski definition) is 0. The lowest BCUT2D eigenvalue weighted by molar-refractivity contribution is 0.101. The maximum atomic E-state index is 11.2. The van der Waals surface area contributed by atoms with Crippen molar-refractivity contribution in [3.8, 4) is 0 Å². The summed E-state index contributed by atoms with van der Waals surface area (Å²) in [4.78, 5) is 19.0. The minimum Gasteiger partial charge on any atom is -0.295 e. The SMILES string of the molecule is CC(=O)c1ccc2nc(Cl)nc(Cl)c2c1. The van der Waals surface area contributed by atoms with Crippen molar-refractivity contribution in [3.63, 3.8) is 0 Å². The predicted molar refractivity (Wildman–Crippen MR) is 59.6 cm³/mol. The van der Waals surface area contributed by atoms with Crippen LogP contribution >= 0.6 is 23.2 Å². The van der Waals surface area contributed by atoms with Crippen LogP contribution in [0, 0.1) is 0 Å². The standard InChI is InChI=1S/C10H6Cl2N2O/c1-5(15)6-2-3-8-7(4-6)9(11)14-10(12)13-8/h2-4H,1H3. The van der Waals surface area contributed by atoms with Gasteiger partial charge in [0.05, 0.1) is 5.52 Å². The second-order valence-electron chi connectivity index (χ2n) is 3.07. The zero-order valence-corrected chi connectivity index (χ0v) is 9.30. The maximum absolute atomic E-state index is 11.2. The Morgan fingerprint density at radius 2 is 2.00 bits per heavy atom. The second kappa shape index (κ2) is 3.76. The third kappa shape index (κ3) is 1.94. The monoisotopic (exact) mass is 240 g/mol. The molecule has 0 spiro atoms. The molecular weight excluding hydrogens is 235 g/mol. The molecule has 2 rings (SSSR count). The van der Waals surface area contributed by atoms with Gasteiger partial charge in [0.25, 0.3) is 0 Å². The molecule has 0 aliphatic heterocycles. The molecule has 0 aliphatic carbocycles. The van der Waals surface area contributed by atoms with Crippen molar-refractivity contribution >= 4 is 39.9 Å². The molecule has 2 aromatic rings. The quantitative estimate of drug-likeness (QED) is 0.437. The van der Waals surface area contributed by atoms with Gasteiger partial charge in [-0.2, -0.15) is 0 Å². The van der Waals surface area contributed by atoms with E-state index in [4.69, 9.17) is 23.2 Å². The van der Waals surface area contributed by atoms with Gasteiger partial charge in [-0.3, -0.25) is 4.79 Å². The van der Waals surface area contributed by atoms with Gasteiger partial charge >= 0.3 is 0 Å². The van der Waals surface area contributed by atoms with Gasteiger partial charge in [-0.15, -0.1) is 0 Å². The van der Waals surface area contributed by atoms with Crippen LogP contribution in [0.4, 0.5) is 0 Å². The van der Waals surface area contributed by atoms with Crippen LogP contribution in [0.3, 0.4) is 0 Å². The summed E-state index contributed by atoms with van der Waals surface area (Å²) in [5.41, 5.74) is 1.21. The van der Waals surface area contributed by atoms with Gasteiger partial charge < -0.3 is 0 Å². The van der Waals surface area contributed by atoms with Gasteiger partial charge in [-0.25, -0.2) is 9.97 Å². The molecule has 0 N–H and O–H groups in total. The molecule has 76 valence electrons. The van der Waals surface area contributed by atoms with Gasteiger partial charge in [0, 0.05) is 10.9 Å². The van der Waals surface area contributed by atoms with Crippen LogP contribution in [0.2, 0.25) is 10.4 Å². The highest BCUT2D eigenvalue weighted by Gasteiger charge is 2.07. The zero-order valence-electron chi connectivity index (χ0n) is 7.79.